The molecule has 272 valence electrons. The Morgan fingerprint density at radius 1 is 0.271 bits per heavy atom. The van der Waals surface area contributed by atoms with Gasteiger partial charge in [0.05, 0.1) is 44.8 Å². The minimum absolute atomic E-state index is 0.167. The van der Waals surface area contributed by atoms with E-state index in [0.717, 1.165) is 25.7 Å². The van der Waals surface area contributed by atoms with E-state index in [1.165, 1.54) is 25.7 Å². The van der Waals surface area contributed by atoms with E-state index < -0.39 is 0 Å². The summed E-state index contributed by atoms with van der Waals surface area (Å²) in [4.78, 5) is 0. The third-order valence-corrected chi connectivity index (χ3v) is 14.2. The molecular formula is C36H68B4O8. The molecule has 0 amide bonds. The second-order valence-corrected chi connectivity index (χ2v) is 19.7. The number of rotatable bonds is 4. The Morgan fingerprint density at radius 2 is 0.396 bits per heavy atom. The van der Waals surface area contributed by atoms with Gasteiger partial charge in [0.1, 0.15) is 0 Å². The van der Waals surface area contributed by atoms with Crippen LogP contribution < -0.4 is 0 Å². The highest BCUT2D eigenvalue weighted by atomic mass is 16.7. The summed E-state index contributed by atoms with van der Waals surface area (Å²) >= 11 is 0. The van der Waals surface area contributed by atoms with Crippen molar-refractivity contribution >= 4 is 28.5 Å². The zero-order chi connectivity index (χ0) is 35.9. The first-order valence-electron chi connectivity index (χ1n) is 19.2. The molecule has 48 heavy (non-hydrogen) atoms. The van der Waals surface area contributed by atoms with Crippen LogP contribution in [0.25, 0.3) is 0 Å². The zero-order valence-corrected chi connectivity index (χ0v) is 33.5. The monoisotopic (exact) mass is 673 g/mol. The Labute approximate surface area is 295 Å². The SMILES string of the molecule is CC1(C)OB([C@@H]2CCCC[C@H]2B2OC(C)(C)C(C)(C)O2)OC1(C)C.CC1(C)OB([C@H]2CCCC[C@@H]2B2OC(C)(C)C(C)(C)O2)OC1(C)C. The van der Waals surface area contributed by atoms with Crippen LogP contribution >= 0.6 is 0 Å². The smallest absolute Gasteiger partial charge is 0.403 e. The molecule has 0 aromatic carbocycles. The van der Waals surface area contributed by atoms with E-state index in [1.54, 1.807) is 0 Å². The fourth-order valence-electron chi connectivity index (χ4n) is 7.98. The molecule has 4 heterocycles. The fraction of sp³-hybridized carbons (Fsp3) is 1.00. The lowest BCUT2D eigenvalue weighted by molar-refractivity contribution is 0.00578. The first-order chi connectivity index (χ1) is 21.7. The normalized spacial score (nSPS) is 37.0. The number of hydrogen-bond acceptors (Lipinski definition) is 8. The average Bonchev–Trinajstić information content (AvgIpc) is 3.49. The molecule has 0 unspecified atom stereocenters. The molecule has 0 spiro atoms. The van der Waals surface area contributed by atoms with Crippen LogP contribution in [0.15, 0.2) is 0 Å². The first-order valence-corrected chi connectivity index (χ1v) is 19.2. The molecule has 6 aliphatic rings. The lowest BCUT2D eigenvalue weighted by Crippen LogP contribution is -2.41. The molecule has 8 nitrogen and oxygen atoms in total. The Balaban J connectivity index is 0.000000188. The molecule has 4 atom stereocenters. The first kappa shape index (κ1) is 39.2. The van der Waals surface area contributed by atoms with E-state index >= 15 is 0 Å². The quantitative estimate of drug-likeness (QED) is 0.274. The minimum Gasteiger partial charge on any atom is -0.403 e. The van der Waals surface area contributed by atoms with E-state index in [0.29, 0.717) is 23.3 Å². The van der Waals surface area contributed by atoms with Crippen LogP contribution in [0.4, 0.5) is 0 Å². The fourth-order valence-corrected chi connectivity index (χ4v) is 7.98. The van der Waals surface area contributed by atoms with Crippen LogP contribution in [-0.2, 0) is 37.2 Å². The van der Waals surface area contributed by atoms with E-state index in [1.807, 2.05) is 0 Å². The topological polar surface area (TPSA) is 73.8 Å². The van der Waals surface area contributed by atoms with E-state index in [4.69, 9.17) is 37.2 Å². The van der Waals surface area contributed by atoms with Crippen molar-refractivity contribution in [1.82, 2.24) is 0 Å². The van der Waals surface area contributed by atoms with Gasteiger partial charge in [0, 0.05) is 0 Å². The predicted octanol–water partition coefficient (Wildman–Crippen LogP) is 8.97. The average molecular weight is 672 g/mol. The molecule has 2 saturated carbocycles. The molecule has 0 aromatic rings. The van der Waals surface area contributed by atoms with Crippen molar-refractivity contribution in [2.24, 2.45) is 0 Å². The van der Waals surface area contributed by atoms with Gasteiger partial charge in [-0.2, -0.15) is 0 Å². The molecule has 2 aliphatic carbocycles. The maximum absolute atomic E-state index is 6.36. The summed E-state index contributed by atoms with van der Waals surface area (Å²) in [6.07, 6.45) is 9.37. The molecule has 12 heteroatoms. The van der Waals surface area contributed by atoms with Crippen molar-refractivity contribution in [3.8, 4) is 0 Å². The van der Waals surface area contributed by atoms with Crippen LogP contribution in [-0.4, -0.2) is 73.3 Å². The minimum atomic E-state index is -0.282. The second kappa shape index (κ2) is 12.8. The highest BCUT2D eigenvalue weighted by Crippen LogP contribution is 2.54. The summed E-state index contributed by atoms with van der Waals surface area (Å²) in [6, 6.07) is 0. The number of hydrogen-bond donors (Lipinski definition) is 0. The van der Waals surface area contributed by atoms with Crippen LogP contribution in [0.5, 0.6) is 0 Å². The highest BCUT2D eigenvalue weighted by Gasteiger charge is 2.62. The largest absolute Gasteiger partial charge is 0.460 e. The predicted molar refractivity (Wildman–Crippen MR) is 196 cm³/mol. The van der Waals surface area contributed by atoms with E-state index in [-0.39, 0.29) is 73.3 Å². The van der Waals surface area contributed by atoms with Gasteiger partial charge in [0.15, 0.2) is 0 Å². The molecule has 6 rings (SSSR count). The maximum Gasteiger partial charge on any atom is 0.460 e. The lowest BCUT2D eigenvalue weighted by atomic mass is 9.48. The van der Waals surface area contributed by atoms with Gasteiger partial charge in [0.2, 0.25) is 0 Å². The Hall–Kier alpha value is -0.0603. The lowest BCUT2D eigenvalue weighted by Gasteiger charge is -2.34. The van der Waals surface area contributed by atoms with Crippen molar-refractivity contribution in [2.75, 3.05) is 0 Å². The van der Waals surface area contributed by atoms with Crippen molar-refractivity contribution in [2.45, 2.75) is 230 Å². The molecule has 6 fully saturated rings. The van der Waals surface area contributed by atoms with Crippen molar-refractivity contribution < 1.29 is 37.2 Å². The molecule has 0 N–H and O–H groups in total. The van der Waals surface area contributed by atoms with Gasteiger partial charge >= 0.3 is 28.5 Å². The van der Waals surface area contributed by atoms with Gasteiger partial charge in [-0.1, -0.05) is 51.4 Å². The van der Waals surface area contributed by atoms with Gasteiger partial charge in [0.25, 0.3) is 0 Å². The molecule has 4 saturated heterocycles. The summed E-state index contributed by atoms with van der Waals surface area (Å²) in [5.41, 5.74) is -2.26. The molecule has 4 aliphatic heterocycles. The van der Waals surface area contributed by atoms with Gasteiger partial charge in [-0.3, -0.25) is 0 Å². The molecular weight excluding hydrogens is 604 g/mol. The van der Waals surface area contributed by atoms with Crippen molar-refractivity contribution in [1.29, 1.82) is 0 Å². The molecule has 0 aromatic heterocycles. The van der Waals surface area contributed by atoms with Crippen molar-refractivity contribution in [3.05, 3.63) is 0 Å². The summed E-state index contributed by atoms with van der Waals surface area (Å²) in [7, 11) is -0.669. The van der Waals surface area contributed by atoms with Crippen LogP contribution in [0.2, 0.25) is 23.3 Å². The Morgan fingerprint density at radius 3 is 0.521 bits per heavy atom. The standard InChI is InChI=1S/2C18H34B2O4/c2*1-15(2)16(3,4)22-19(21-15)13-11-9-10-12-14(13)20-23-17(5,6)18(7,8)24-20/h2*13-14H,9-12H2,1-8H3/t2*13-,14-/m10/s1. The summed E-state index contributed by atoms with van der Waals surface area (Å²) in [6.45, 7) is 34.0. The molecule has 0 radical (unpaired) electrons. The summed E-state index contributed by atoms with van der Waals surface area (Å²) in [5.74, 6) is 1.31. The maximum atomic E-state index is 6.36. The van der Waals surface area contributed by atoms with Gasteiger partial charge in [-0.25, -0.2) is 0 Å². The zero-order valence-electron chi connectivity index (χ0n) is 33.5. The molecule has 0 bridgehead atoms. The second-order valence-electron chi connectivity index (χ2n) is 19.7. The highest BCUT2D eigenvalue weighted by molar-refractivity contribution is 6.55. The Bertz CT molecular complexity index is 915. The van der Waals surface area contributed by atoms with E-state index in [9.17, 15) is 0 Å². The van der Waals surface area contributed by atoms with Crippen molar-refractivity contribution in [3.63, 3.8) is 0 Å². The summed E-state index contributed by atoms with van der Waals surface area (Å²) < 4.78 is 50.9. The van der Waals surface area contributed by atoms with Gasteiger partial charge < -0.3 is 37.2 Å². The van der Waals surface area contributed by atoms with Crippen LogP contribution in [0.1, 0.15) is 162 Å². The van der Waals surface area contributed by atoms with Gasteiger partial charge in [-0.15, -0.1) is 0 Å². The van der Waals surface area contributed by atoms with Gasteiger partial charge in [-0.05, 0) is 134 Å². The third kappa shape index (κ3) is 7.15. The van der Waals surface area contributed by atoms with Crippen LogP contribution in [0, 0.1) is 0 Å². The summed E-state index contributed by atoms with van der Waals surface area (Å²) in [5, 5.41) is 0. The Kier molecular flexibility index (Phi) is 10.4. The van der Waals surface area contributed by atoms with E-state index in [2.05, 4.69) is 111 Å². The van der Waals surface area contributed by atoms with Crippen LogP contribution in [0.3, 0.4) is 0 Å². The third-order valence-electron chi connectivity index (χ3n) is 14.2.